The fourth-order valence-electron chi connectivity index (χ4n) is 2.71. The minimum Gasteiger partial charge on any atom is -0.355 e. The predicted octanol–water partition coefficient (Wildman–Crippen LogP) is 3.84. The van der Waals surface area contributed by atoms with Crippen LogP contribution in [-0.2, 0) is 0 Å². The first kappa shape index (κ1) is 20.6. The monoisotopic (exact) mass is 394 g/mol. The molecule has 2 N–H and O–H groups in total. The number of rotatable bonds is 5. The summed E-state index contributed by atoms with van der Waals surface area (Å²) in [6, 6.07) is 18.9. The molecule has 0 bridgehead atoms. The lowest BCUT2D eigenvalue weighted by atomic mass is 10.1. The molecule has 0 saturated heterocycles. The smallest absolute Gasteiger partial charge is 0.212 e. The lowest BCUT2D eigenvalue weighted by molar-refractivity contribution is 0.745. The van der Waals surface area contributed by atoms with Crippen LogP contribution in [0.15, 0.2) is 70.8 Å². The zero-order valence-corrected chi connectivity index (χ0v) is 16.5. The summed E-state index contributed by atoms with van der Waals surface area (Å²) in [5.74, 6) is 0.670. The Bertz CT molecular complexity index is 975. The van der Waals surface area contributed by atoms with Crippen LogP contribution in [0.4, 0.5) is 0 Å². The van der Waals surface area contributed by atoms with Crippen molar-refractivity contribution in [2.24, 2.45) is 10.1 Å². The zero-order chi connectivity index (χ0) is 21.0. The lowest BCUT2D eigenvalue weighted by Crippen LogP contribution is -2.34. The summed E-state index contributed by atoms with van der Waals surface area (Å²) in [5, 5.41) is 25.6. The van der Waals surface area contributed by atoms with Crippen LogP contribution in [0.5, 0.6) is 0 Å². The first-order chi connectivity index (χ1) is 14.8. The molecule has 30 heavy (non-hydrogen) atoms. The first-order valence-electron chi connectivity index (χ1n) is 9.75. The highest BCUT2D eigenvalue weighted by atomic mass is 15.4. The average molecular weight is 394 g/mol. The molecule has 0 saturated carbocycles. The highest BCUT2D eigenvalue weighted by Gasteiger charge is 2.01. The van der Waals surface area contributed by atoms with E-state index in [-0.39, 0.29) is 0 Å². The van der Waals surface area contributed by atoms with Gasteiger partial charge in [0.25, 0.3) is 0 Å². The van der Waals surface area contributed by atoms with Gasteiger partial charge >= 0.3 is 0 Å². The minimum absolute atomic E-state index is 0.626. The van der Waals surface area contributed by atoms with Gasteiger partial charge in [-0.2, -0.15) is 15.6 Å². The summed E-state index contributed by atoms with van der Waals surface area (Å²) in [7, 11) is 0. The Kier molecular flexibility index (Phi) is 7.54. The molecule has 0 fully saturated rings. The molecule has 0 radical (unpaired) electrons. The molecule has 0 amide bonds. The molecule has 0 aromatic heterocycles. The van der Waals surface area contributed by atoms with Gasteiger partial charge in [0.2, 0.25) is 5.96 Å². The van der Waals surface area contributed by atoms with Crippen LogP contribution in [0.2, 0.25) is 0 Å². The maximum absolute atomic E-state index is 8.93. The third-order valence-corrected chi connectivity index (χ3v) is 4.41. The third kappa shape index (κ3) is 6.47. The van der Waals surface area contributed by atoms with E-state index in [1.54, 1.807) is 24.3 Å². The van der Waals surface area contributed by atoms with Crippen LogP contribution >= 0.6 is 0 Å². The molecule has 6 nitrogen and oxygen atoms in total. The van der Waals surface area contributed by atoms with Gasteiger partial charge in [-0.15, -0.1) is 0 Å². The van der Waals surface area contributed by atoms with Crippen molar-refractivity contribution < 1.29 is 0 Å². The zero-order valence-electron chi connectivity index (χ0n) is 16.5. The van der Waals surface area contributed by atoms with Crippen LogP contribution in [0, 0.1) is 22.7 Å². The van der Waals surface area contributed by atoms with Gasteiger partial charge in [0.15, 0.2) is 0 Å². The molecule has 0 unspecified atom stereocenters. The summed E-state index contributed by atoms with van der Waals surface area (Å²) in [5.41, 5.74) is 6.91. The first-order valence-corrected chi connectivity index (χ1v) is 9.75. The van der Waals surface area contributed by atoms with Gasteiger partial charge in [-0.3, -0.25) is 4.99 Å². The molecule has 2 aromatic rings. The minimum atomic E-state index is 0.626. The topological polar surface area (TPSA) is 96.4 Å². The Morgan fingerprint density at radius 2 is 1.47 bits per heavy atom. The molecule has 0 aliphatic carbocycles. The highest BCUT2D eigenvalue weighted by molar-refractivity contribution is 6.09. The summed E-state index contributed by atoms with van der Waals surface area (Å²) < 4.78 is 0. The molecular formula is C24H22N6. The Balaban J connectivity index is 1.78. The molecule has 0 atom stereocenters. The SMILES string of the molecule is N#Cc1ccc(C=CC(C=Cc2ccc(C#N)cc2)=NNC2=NCCCCN2)cc1. The van der Waals surface area contributed by atoms with Crippen LogP contribution in [-0.4, -0.2) is 24.8 Å². The Morgan fingerprint density at radius 1 is 0.900 bits per heavy atom. The molecule has 6 heteroatoms. The number of aliphatic imine (C=N–C) groups is 1. The van der Waals surface area contributed by atoms with Crippen LogP contribution < -0.4 is 10.7 Å². The fourth-order valence-corrected chi connectivity index (χ4v) is 2.71. The van der Waals surface area contributed by atoms with Crippen molar-refractivity contribution in [2.75, 3.05) is 13.1 Å². The Morgan fingerprint density at radius 3 is 2.00 bits per heavy atom. The lowest BCUT2D eigenvalue weighted by Gasteiger charge is -2.06. The number of allylic oxidation sites excluding steroid dienone is 2. The van der Waals surface area contributed by atoms with Crippen LogP contribution in [0.1, 0.15) is 35.1 Å². The second-order valence-corrected chi connectivity index (χ2v) is 6.65. The van der Waals surface area contributed by atoms with Gasteiger partial charge in [0, 0.05) is 13.1 Å². The average Bonchev–Trinajstić information content (AvgIpc) is 3.08. The van der Waals surface area contributed by atoms with Gasteiger partial charge in [0.05, 0.1) is 29.0 Å². The normalized spacial score (nSPS) is 13.6. The van der Waals surface area contributed by atoms with Crippen molar-refractivity contribution >= 4 is 23.8 Å². The summed E-state index contributed by atoms with van der Waals surface area (Å²) in [6.07, 6.45) is 9.81. The van der Waals surface area contributed by atoms with E-state index in [0.717, 1.165) is 37.1 Å². The maximum Gasteiger partial charge on any atom is 0.212 e. The number of hydrogen-bond donors (Lipinski definition) is 2. The number of nitriles is 2. The van der Waals surface area contributed by atoms with Gasteiger partial charge < -0.3 is 5.32 Å². The van der Waals surface area contributed by atoms with E-state index >= 15 is 0 Å². The van der Waals surface area contributed by atoms with Crippen molar-refractivity contribution in [3.05, 3.63) is 82.9 Å². The van der Waals surface area contributed by atoms with Crippen molar-refractivity contribution in [2.45, 2.75) is 12.8 Å². The standard InChI is InChI=1S/C24H22N6/c25-17-21-7-3-19(4-8-21)11-13-23(29-30-24-27-15-1-2-16-28-24)14-12-20-5-9-22(18-26)10-6-20/h3-14H,1-2,15-16H2,(H2,27,28,30). The molecule has 1 aliphatic heterocycles. The maximum atomic E-state index is 8.93. The summed E-state index contributed by atoms with van der Waals surface area (Å²) in [4.78, 5) is 4.45. The Hall–Kier alpha value is -4.16. The molecule has 0 spiro atoms. The van der Waals surface area contributed by atoms with E-state index in [0.29, 0.717) is 22.8 Å². The number of hydrogen-bond acceptors (Lipinski definition) is 6. The molecule has 2 aromatic carbocycles. The predicted molar refractivity (Wildman–Crippen MR) is 120 cm³/mol. The second kappa shape index (κ2) is 11.0. The van der Waals surface area contributed by atoms with Crippen molar-refractivity contribution in [3.63, 3.8) is 0 Å². The van der Waals surface area contributed by atoms with Crippen LogP contribution in [0.3, 0.4) is 0 Å². The third-order valence-electron chi connectivity index (χ3n) is 4.41. The summed E-state index contributed by atoms with van der Waals surface area (Å²) in [6.45, 7) is 1.65. The highest BCUT2D eigenvalue weighted by Crippen LogP contribution is 2.08. The van der Waals surface area contributed by atoms with Gasteiger partial charge in [-0.25, -0.2) is 5.43 Å². The number of nitrogens with one attached hydrogen (secondary N) is 2. The molecule has 148 valence electrons. The largest absolute Gasteiger partial charge is 0.355 e. The molecule has 1 aliphatic rings. The van der Waals surface area contributed by atoms with E-state index in [1.165, 1.54) is 0 Å². The van der Waals surface area contributed by atoms with E-state index in [2.05, 4.69) is 33.0 Å². The molecule has 3 rings (SSSR count). The number of benzene rings is 2. The molecular weight excluding hydrogens is 372 g/mol. The van der Waals surface area contributed by atoms with Gasteiger partial charge in [0.1, 0.15) is 0 Å². The second-order valence-electron chi connectivity index (χ2n) is 6.65. The number of hydrazone groups is 1. The van der Waals surface area contributed by atoms with Crippen molar-refractivity contribution in [1.29, 1.82) is 10.5 Å². The molecule has 1 heterocycles. The van der Waals surface area contributed by atoms with Crippen molar-refractivity contribution in [3.8, 4) is 12.1 Å². The number of guanidine groups is 1. The van der Waals surface area contributed by atoms with Gasteiger partial charge in [-0.05, 0) is 60.4 Å². The quantitative estimate of drug-likeness (QED) is 0.595. The van der Waals surface area contributed by atoms with E-state index in [4.69, 9.17) is 10.5 Å². The summed E-state index contributed by atoms with van der Waals surface area (Å²) >= 11 is 0. The van der Waals surface area contributed by atoms with E-state index in [9.17, 15) is 0 Å². The van der Waals surface area contributed by atoms with Crippen LogP contribution in [0.25, 0.3) is 12.2 Å². The van der Waals surface area contributed by atoms with E-state index < -0.39 is 0 Å². The Labute approximate surface area is 176 Å². The van der Waals surface area contributed by atoms with Crippen molar-refractivity contribution in [1.82, 2.24) is 10.7 Å². The van der Waals surface area contributed by atoms with E-state index in [1.807, 2.05) is 48.6 Å². The van der Waals surface area contributed by atoms with Gasteiger partial charge in [-0.1, -0.05) is 36.4 Å². The number of nitrogens with zero attached hydrogens (tertiary/aromatic N) is 4. The fraction of sp³-hybridized carbons (Fsp3) is 0.167.